The van der Waals surface area contributed by atoms with Crippen molar-refractivity contribution < 1.29 is 37.0 Å². The molecule has 15 heteroatoms. The van der Waals surface area contributed by atoms with Crippen molar-refractivity contribution in [2.24, 2.45) is 0 Å². The smallest absolute Gasteiger partial charge is 0.446 e. The average Bonchev–Trinajstić information content (AvgIpc) is 2.92. The quantitative estimate of drug-likeness (QED) is 0.318. The van der Waals surface area contributed by atoms with Gasteiger partial charge in [-0.15, -0.1) is 18.3 Å². The minimum absolute atomic E-state index is 0.111. The molecule has 1 aliphatic heterocycles. The van der Waals surface area contributed by atoms with Crippen molar-refractivity contribution in [3.05, 3.63) is 70.4 Å². The zero-order valence-electron chi connectivity index (χ0n) is 22.4. The predicted octanol–water partition coefficient (Wildman–Crippen LogP) is 3.86. The Morgan fingerprint density at radius 3 is 2.55 bits per heavy atom. The minimum atomic E-state index is -4.82. The fraction of sp³-hybridized carbons (Fsp3) is 0.407. The fourth-order valence-corrected chi connectivity index (χ4v) is 4.12. The first-order chi connectivity index (χ1) is 20.1. The van der Waals surface area contributed by atoms with E-state index in [-0.39, 0.29) is 24.2 Å². The molecule has 4 rings (SSSR count). The summed E-state index contributed by atoms with van der Waals surface area (Å²) >= 11 is 0. The summed E-state index contributed by atoms with van der Waals surface area (Å²) in [5, 5.41) is 13.1. The number of aryl methyl sites for hydroxylation is 2. The topological polar surface area (TPSA) is 147 Å². The largest absolute Gasteiger partial charge is 0.573 e. The van der Waals surface area contributed by atoms with Gasteiger partial charge < -0.3 is 19.5 Å². The van der Waals surface area contributed by atoms with Crippen LogP contribution in [0.4, 0.5) is 29.6 Å². The number of nitrogens with one attached hydrogen (secondary N) is 2. The lowest BCUT2D eigenvalue weighted by atomic mass is 10.1. The zero-order chi connectivity index (χ0) is 30.0. The SMILES string of the molecule is O=C(Cc1cccc(OC(F)(F)F)c1)Nc1ccc(CCCCn2ccc(NC(=O)OC3CCOCC3)nc2=O)nn1. The highest BCUT2D eigenvalue weighted by Crippen LogP contribution is 2.23. The zero-order valence-corrected chi connectivity index (χ0v) is 22.4. The molecule has 3 aromatic rings. The summed E-state index contributed by atoms with van der Waals surface area (Å²) in [5.41, 5.74) is 0.517. The van der Waals surface area contributed by atoms with Gasteiger partial charge in [-0.25, -0.2) is 9.59 Å². The van der Waals surface area contributed by atoms with Crippen molar-refractivity contribution in [3.63, 3.8) is 0 Å². The van der Waals surface area contributed by atoms with E-state index in [2.05, 4.69) is 30.6 Å². The van der Waals surface area contributed by atoms with Crippen LogP contribution >= 0.6 is 0 Å². The molecule has 0 unspecified atom stereocenters. The van der Waals surface area contributed by atoms with Crippen LogP contribution in [-0.4, -0.2) is 57.4 Å². The highest BCUT2D eigenvalue weighted by molar-refractivity contribution is 5.91. The normalized spacial score (nSPS) is 13.8. The molecule has 0 atom stereocenters. The number of hydrogen-bond donors (Lipinski definition) is 2. The van der Waals surface area contributed by atoms with Gasteiger partial charge in [-0.05, 0) is 55.2 Å². The highest BCUT2D eigenvalue weighted by atomic mass is 19.4. The van der Waals surface area contributed by atoms with Gasteiger partial charge in [-0.3, -0.25) is 14.7 Å². The lowest BCUT2D eigenvalue weighted by molar-refractivity contribution is -0.274. The molecule has 0 bridgehead atoms. The van der Waals surface area contributed by atoms with Gasteiger partial charge in [0.15, 0.2) is 5.82 Å². The monoisotopic (exact) mass is 590 g/mol. The molecule has 2 N–H and O–H groups in total. The lowest BCUT2D eigenvalue weighted by Gasteiger charge is -2.22. The number of anilines is 2. The molecule has 12 nitrogen and oxygen atoms in total. The van der Waals surface area contributed by atoms with Gasteiger partial charge >= 0.3 is 18.1 Å². The summed E-state index contributed by atoms with van der Waals surface area (Å²) in [6.45, 7) is 1.49. The van der Waals surface area contributed by atoms with E-state index >= 15 is 0 Å². The third kappa shape index (κ3) is 10.1. The molecule has 1 aliphatic rings. The Morgan fingerprint density at radius 2 is 1.83 bits per heavy atom. The van der Waals surface area contributed by atoms with E-state index in [0.29, 0.717) is 63.1 Å². The van der Waals surface area contributed by atoms with Crippen molar-refractivity contribution in [2.45, 2.75) is 57.5 Å². The predicted molar refractivity (Wildman–Crippen MR) is 143 cm³/mol. The number of nitrogens with zero attached hydrogens (tertiary/aromatic N) is 4. The third-order valence-electron chi connectivity index (χ3n) is 6.11. The average molecular weight is 591 g/mol. The van der Waals surface area contributed by atoms with Crippen molar-refractivity contribution in [3.8, 4) is 5.75 Å². The Labute approximate surface area is 238 Å². The molecular weight excluding hydrogens is 561 g/mol. The first kappa shape index (κ1) is 30.4. The van der Waals surface area contributed by atoms with E-state index in [1.165, 1.54) is 22.8 Å². The number of rotatable bonds is 11. The van der Waals surface area contributed by atoms with Gasteiger partial charge in [-0.2, -0.15) is 10.1 Å². The Bertz CT molecular complexity index is 1410. The first-order valence-corrected chi connectivity index (χ1v) is 13.2. The van der Waals surface area contributed by atoms with Crippen LogP contribution in [0.1, 0.15) is 36.9 Å². The Morgan fingerprint density at radius 1 is 1.02 bits per heavy atom. The van der Waals surface area contributed by atoms with Crippen LogP contribution in [-0.2, 0) is 33.7 Å². The van der Waals surface area contributed by atoms with E-state index in [1.807, 2.05) is 0 Å². The van der Waals surface area contributed by atoms with Crippen LogP contribution in [0.5, 0.6) is 5.75 Å². The highest BCUT2D eigenvalue weighted by Gasteiger charge is 2.31. The second-order valence-electron chi connectivity index (χ2n) is 9.42. The Kier molecular flexibility index (Phi) is 10.4. The maximum atomic E-state index is 12.4. The van der Waals surface area contributed by atoms with E-state index < -0.39 is 29.8 Å². The summed E-state index contributed by atoms with van der Waals surface area (Å²) < 4.78 is 53.0. The molecule has 2 aromatic heterocycles. The maximum Gasteiger partial charge on any atom is 0.573 e. The first-order valence-electron chi connectivity index (χ1n) is 13.2. The van der Waals surface area contributed by atoms with Crippen LogP contribution in [0.15, 0.2) is 53.5 Å². The maximum absolute atomic E-state index is 12.4. The van der Waals surface area contributed by atoms with Gasteiger partial charge in [0.2, 0.25) is 5.91 Å². The molecule has 1 fully saturated rings. The standard InChI is InChI=1S/C27H29F3N6O6/c28-27(29,30)42-21-6-3-4-18(16-21)17-24(37)31-23-8-7-19(34-35-23)5-1-2-12-36-13-9-22(32-25(36)38)33-26(39)41-20-10-14-40-15-11-20/h3-4,6-9,13,16,20H,1-2,5,10-12,14-15,17H2,(H,31,35,37)(H,32,33,38,39). The number of unbranched alkanes of at least 4 members (excludes halogenated alkanes) is 1. The molecule has 2 amide bonds. The number of hydrogen-bond acceptors (Lipinski definition) is 9. The molecule has 0 radical (unpaired) electrons. The van der Waals surface area contributed by atoms with Gasteiger partial charge in [0.05, 0.1) is 25.3 Å². The molecule has 1 aromatic carbocycles. The fourth-order valence-electron chi connectivity index (χ4n) is 4.12. The molecule has 224 valence electrons. The summed E-state index contributed by atoms with van der Waals surface area (Å²) in [7, 11) is 0. The molecule has 0 aliphatic carbocycles. The molecule has 1 saturated heterocycles. The number of alkyl halides is 3. The number of carbonyl (C=O) groups is 2. The molecule has 3 heterocycles. The van der Waals surface area contributed by atoms with E-state index in [4.69, 9.17) is 9.47 Å². The van der Waals surface area contributed by atoms with Crippen LogP contribution in [0.25, 0.3) is 0 Å². The molecule has 0 saturated carbocycles. The van der Waals surface area contributed by atoms with E-state index in [1.54, 1.807) is 18.3 Å². The number of benzene rings is 1. The van der Waals surface area contributed by atoms with Crippen LogP contribution in [0.2, 0.25) is 0 Å². The Balaban J connectivity index is 1.17. The summed E-state index contributed by atoms with van der Waals surface area (Å²) in [6, 6.07) is 9.98. The van der Waals surface area contributed by atoms with Crippen molar-refractivity contribution >= 4 is 23.6 Å². The van der Waals surface area contributed by atoms with Crippen molar-refractivity contribution in [1.82, 2.24) is 19.7 Å². The van der Waals surface area contributed by atoms with Gasteiger partial charge in [0.25, 0.3) is 0 Å². The second kappa shape index (κ2) is 14.4. The van der Waals surface area contributed by atoms with Crippen molar-refractivity contribution in [2.75, 3.05) is 23.8 Å². The van der Waals surface area contributed by atoms with Gasteiger partial charge in [0, 0.05) is 25.6 Å². The Hall–Kier alpha value is -4.53. The minimum Gasteiger partial charge on any atom is -0.446 e. The van der Waals surface area contributed by atoms with E-state index in [9.17, 15) is 27.6 Å². The van der Waals surface area contributed by atoms with Gasteiger partial charge in [-0.1, -0.05) is 12.1 Å². The second-order valence-corrected chi connectivity index (χ2v) is 9.42. The van der Waals surface area contributed by atoms with E-state index in [0.717, 1.165) is 12.1 Å². The number of carbonyl (C=O) groups excluding carboxylic acids is 2. The number of ether oxygens (including phenoxy) is 3. The molecule has 42 heavy (non-hydrogen) atoms. The summed E-state index contributed by atoms with van der Waals surface area (Å²) in [4.78, 5) is 40.5. The number of aromatic nitrogens is 4. The molecular formula is C27H29F3N6O6. The van der Waals surface area contributed by atoms with Crippen LogP contribution in [0, 0.1) is 0 Å². The lowest BCUT2D eigenvalue weighted by Crippen LogP contribution is -2.29. The summed E-state index contributed by atoms with van der Waals surface area (Å²) in [6.07, 6.45) is -1.16. The molecule has 0 spiro atoms. The summed E-state index contributed by atoms with van der Waals surface area (Å²) in [5.74, 6) is -0.567. The number of halogens is 3. The number of amides is 2. The van der Waals surface area contributed by atoms with Gasteiger partial charge in [0.1, 0.15) is 17.7 Å². The van der Waals surface area contributed by atoms with Crippen LogP contribution < -0.4 is 21.1 Å². The van der Waals surface area contributed by atoms with Crippen molar-refractivity contribution in [1.29, 1.82) is 0 Å². The third-order valence-corrected chi connectivity index (χ3v) is 6.11. The van der Waals surface area contributed by atoms with Crippen LogP contribution in [0.3, 0.4) is 0 Å².